The zero-order valence-corrected chi connectivity index (χ0v) is 9.37. The Kier molecular flexibility index (Phi) is 3.15. The summed E-state index contributed by atoms with van der Waals surface area (Å²) in [5.74, 6) is 0.304. The van der Waals surface area contributed by atoms with Crippen LogP contribution in [0.2, 0.25) is 0 Å². The maximum Gasteiger partial charge on any atom is 0.241 e. The lowest BCUT2D eigenvalue weighted by Gasteiger charge is -2.11. The fourth-order valence-electron chi connectivity index (χ4n) is 1.32. The molecule has 1 unspecified atom stereocenters. The van der Waals surface area contributed by atoms with E-state index >= 15 is 0 Å². The van der Waals surface area contributed by atoms with Crippen LogP contribution in [0.5, 0.6) is 0 Å². The Morgan fingerprint density at radius 1 is 1.47 bits per heavy atom. The molecule has 0 radical (unpaired) electrons. The van der Waals surface area contributed by atoms with Gasteiger partial charge in [0, 0.05) is 18.6 Å². The topological polar surface area (TPSA) is 85.8 Å². The van der Waals surface area contributed by atoms with Crippen molar-refractivity contribution >= 4 is 11.6 Å². The number of pyridine rings is 1. The van der Waals surface area contributed by atoms with Crippen molar-refractivity contribution in [2.75, 3.05) is 5.32 Å². The third-order valence-electron chi connectivity index (χ3n) is 2.18. The molecule has 0 fully saturated rings. The molecule has 6 nitrogen and oxygen atoms in total. The largest absolute Gasteiger partial charge is 0.322 e. The van der Waals surface area contributed by atoms with Crippen LogP contribution < -0.4 is 11.1 Å². The fourth-order valence-corrected chi connectivity index (χ4v) is 1.32. The van der Waals surface area contributed by atoms with Gasteiger partial charge in [0.1, 0.15) is 0 Å². The zero-order chi connectivity index (χ0) is 12.3. The van der Waals surface area contributed by atoms with Gasteiger partial charge in [0.2, 0.25) is 5.91 Å². The van der Waals surface area contributed by atoms with E-state index in [-0.39, 0.29) is 5.91 Å². The van der Waals surface area contributed by atoms with E-state index < -0.39 is 6.04 Å². The molecule has 2 aromatic heterocycles. The summed E-state index contributed by atoms with van der Waals surface area (Å²) >= 11 is 0. The molecule has 0 saturated carbocycles. The second-order valence-corrected chi connectivity index (χ2v) is 3.60. The van der Waals surface area contributed by atoms with Crippen LogP contribution in [0.15, 0.2) is 36.8 Å². The molecule has 0 aliphatic rings. The summed E-state index contributed by atoms with van der Waals surface area (Å²) in [4.78, 5) is 15.7. The number of carbonyl (C=O) groups excluding carboxylic acids is 1. The first-order valence-corrected chi connectivity index (χ1v) is 5.20. The molecule has 2 heterocycles. The Morgan fingerprint density at radius 2 is 2.29 bits per heavy atom. The lowest BCUT2D eigenvalue weighted by atomic mass is 10.3. The number of anilines is 1. The summed E-state index contributed by atoms with van der Waals surface area (Å²) in [5, 5.41) is 6.78. The van der Waals surface area contributed by atoms with Crippen molar-refractivity contribution in [1.82, 2.24) is 14.8 Å². The maximum atomic E-state index is 11.5. The summed E-state index contributed by atoms with van der Waals surface area (Å²) in [7, 11) is 0. The summed E-state index contributed by atoms with van der Waals surface area (Å²) in [6, 6.07) is 4.71. The van der Waals surface area contributed by atoms with E-state index in [9.17, 15) is 4.79 Å². The first kappa shape index (κ1) is 11.3. The highest BCUT2D eigenvalue weighted by Crippen LogP contribution is 2.15. The first-order chi connectivity index (χ1) is 8.18. The van der Waals surface area contributed by atoms with Gasteiger partial charge in [0.15, 0.2) is 5.82 Å². The van der Waals surface area contributed by atoms with Crippen LogP contribution in [0.1, 0.15) is 6.92 Å². The summed E-state index contributed by atoms with van der Waals surface area (Å²) in [5.41, 5.74) is 6.08. The lowest BCUT2D eigenvalue weighted by Crippen LogP contribution is -2.32. The quantitative estimate of drug-likeness (QED) is 0.807. The number of hydrogen-bond acceptors (Lipinski definition) is 4. The van der Waals surface area contributed by atoms with E-state index in [1.165, 1.54) is 0 Å². The van der Waals surface area contributed by atoms with Gasteiger partial charge >= 0.3 is 0 Å². The normalized spacial score (nSPS) is 12.1. The van der Waals surface area contributed by atoms with Crippen molar-refractivity contribution in [3.05, 3.63) is 36.8 Å². The van der Waals surface area contributed by atoms with Crippen LogP contribution in [-0.4, -0.2) is 26.7 Å². The molecular formula is C11H13N5O. The van der Waals surface area contributed by atoms with Crippen molar-refractivity contribution < 1.29 is 4.79 Å². The molecule has 17 heavy (non-hydrogen) atoms. The van der Waals surface area contributed by atoms with Gasteiger partial charge in [0.25, 0.3) is 0 Å². The molecule has 1 atom stereocenters. The van der Waals surface area contributed by atoms with Gasteiger partial charge in [-0.2, -0.15) is 5.10 Å². The van der Waals surface area contributed by atoms with Crippen molar-refractivity contribution in [2.24, 2.45) is 5.73 Å². The van der Waals surface area contributed by atoms with Crippen molar-refractivity contribution in [3.8, 4) is 5.82 Å². The van der Waals surface area contributed by atoms with Crippen LogP contribution in [0.4, 0.5) is 5.69 Å². The second kappa shape index (κ2) is 4.75. The first-order valence-electron chi connectivity index (χ1n) is 5.20. The molecule has 6 heteroatoms. The van der Waals surface area contributed by atoms with E-state index in [0.29, 0.717) is 11.5 Å². The summed E-state index contributed by atoms with van der Waals surface area (Å²) in [6.07, 6.45) is 5.04. The fraction of sp³-hybridized carbons (Fsp3) is 0.182. The smallest absolute Gasteiger partial charge is 0.241 e. The number of aromatic nitrogens is 3. The third-order valence-corrected chi connectivity index (χ3v) is 2.18. The molecule has 2 aromatic rings. The highest BCUT2D eigenvalue weighted by atomic mass is 16.2. The number of nitrogens with zero attached hydrogens (tertiary/aromatic N) is 3. The third kappa shape index (κ3) is 2.48. The van der Waals surface area contributed by atoms with E-state index in [2.05, 4.69) is 15.4 Å². The SMILES string of the molecule is CC(N)C(=O)Nc1cccnc1-n1cccn1. The summed E-state index contributed by atoms with van der Waals surface area (Å²) in [6.45, 7) is 1.62. The highest BCUT2D eigenvalue weighted by Gasteiger charge is 2.11. The molecule has 88 valence electrons. The molecule has 0 aliphatic heterocycles. The average molecular weight is 231 g/mol. The van der Waals surface area contributed by atoms with Gasteiger partial charge < -0.3 is 11.1 Å². The number of rotatable bonds is 3. The number of carbonyl (C=O) groups is 1. The second-order valence-electron chi connectivity index (χ2n) is 3.60. The number of nitrogens with one attached hydrogen (secondary N) is 1. The monoisotopic (exact) mass is 231 g/mol. The van der Waals surface area contributed by atoms with Crippen LogP contribution in [-0.2, 0) is 4.79 Å². The Bertz CT molecular complexity index is 506. The van der Waals surface area contributed by atoms with Crippen LogP contribution in [0.25, 0.3) is 5.82 Å². The molecule has 0 spiro atoms. The number of amides is 1. The minimum atomic E-state index is -0.569. The van der Waals surface area contributed by atoms with E-state index in [1.807, 2.05) is 0 Å². The van der Waals surface area contributed by atoms with E-state index in [0.717, 1.165) is 0 Å². The van der Waals surface area contributed by atoms with Gasteiger partial charge in [-0.1, -0.05) is 0 Å². The Morgan fingerprint density at radius 3 is 2.94 bits per heavy atom. The van der Waals surface area contributed by atoms with Crippen molar-refractivity contribution in [3.63, 3.8) is 0 Å². The minimum Gasteiger partial charge on any atom is -0.322 e. The van der Waals surface area contributed by atoms with Gasteiger partial charge in [-0.15, -0.1) is 0 Å². The standard InChI is InChI=1S/C11H13N5O/c1-8(12)11(17)15-9-4-2-5-13-10(9)16-7-3-6-14-16/h2-8H,12H2,1H3,(H,15,17). The molecule has 0 bridgehead atoms. The van der Waals surface area contributed by atoms with Crippen LogP contribution in [0.3, 0.4) is 0 Å². The van der Waals surface area contributed by atoms with Crippen molar-refractivity contribution in [2.45, 2.75) is 13.0 Å². The molecular weight excluding hydrogens is 218 g/mol. The Labute approximate surface area is 98.5 Å². The average Bonchev–Trinajstić information content (AvgIpc) is 2.83. The molecule has 0 aliphatic carbocycles. The predicted octanol–water partition coefficient (Wildman–Crippen LogP) is 0.553. The maximum absolute atomic E-state index is 11.5. The van der Waals surface area contributed by atoms with Gasteiger partial charge in [-0.25, -0.2) is 9.67 Å². The van der Waals surface area contributed by atoms with Gasteiger partial charge in [-0.3, -0.25) is 4.79 Å². The zero-order valence-electron chi connectivity index (χ0n) is 9.37. The summed E-state index contributed by atoms with van der Waals surface area (Å²) < 4.78 is 1.58. The van der Waals surface area contributed by atoms with Gasteiger partial charge in [-0.05, 0) is 25.1 Å². The predicted molar refractivity (Wildman–Crippen MR) is 63.6 cm³/mol. The molecule has 1 amide bonds. The lowest BCUT2D eigenvalue weighted by molar-refractivity contribution is -0.117. The number of hydrogen-bond donors (Lipinski definition) is 2. The van der Waals surface area contributed by atoms with Crippen LogP contribution >= 0.6 is 0 Å². The van der Waals surface area contributed by atoms with Crippen LogP contribution in [0, 0.1) is 0 Å². The van der Waals surface area contributed by atoms with Gasteiger partial charge in [0.05, 0.1) is 11.7 Å². The Balaban J connectivity index is 2.32. The molecule has 3 N–H and O–H groups in total. The minimum absolute atomic E-state index is 0.258. The van der Waals surface area contributed by atoms with E-state index in [4.69, 9.17) is 5.73 Å². The number of nitrogens with two attached hydrogens (primary N) is 1. The Hall–Kier alpha value is -2.21. The van der Waals surface area contributed by atoms with Crippen molar-refractivity contribution in [1.29, 1.82) is 0 Å². The molecule has 0 saturated heterocycles. The molecule has 0 aromatic carbocycles. The van der Waals surface area contributed by atoms with E-state index in [1.54, 1.807) is 48.4 Å². The highest BCUT2D eigenvalue weighted by molar-refractivity contribution is 5.95. The molecule has 2 rings (SSSR count).